The third-order valence-corrected chi connectivity index (χ3v) is 5.62. The van der Waals surface area contributed by atoms with Gasteiger partial charge in [0.15, 0.2) is 0 Å². The van der Waals surface area contributed by atoms with Crippen molar-refractivity contribution in [3.63, 3.8) is 0 Å². The number of fused-ring (bicyclic) bond motifs is 1. The lowest BCUT2D eigenvalue weighted by Crippen LogP contribution is -2.35. The molecule has 0 atom stereocenters. The molecule has 1 amide bonds. The van der Waals surface area contributed by atoms with Gasteiger partial charge < -0.3 is 4.90 Å². The number of rotatable bonds is 2. The summed E-state index contributed by atoms with van der Waals surface area (Å²) in [7, 11) is 0. The highest BCUT2D eigenvalue weighted by Crippen LogP contribution is 2.27. The smallest absolute Gasteiger partial charge is 0.257 e. The molecule has 3 aromatic rings. The molecule has 24 heavy (non-hydrogen) atoms. The molecule has 0 fully saturated rings. The van der Waals surface area contributed by atoms with Crippen molar-refractivity contribution in [1.82, 2.24) is 14.7 Å². The van der Waals surface area contributed by atoms with Crippen molar-refractivity contribution in [3.05, 3.63) is 69.2 Å². The Hall–Kier alpha value is -2.40. The molecule has 3 heterocycles. The van der Waals surface area contributed by atoms with Crippen molar-refractivity contribution < 1.29 is 4.79 Å². The van der Waals surface area contributed by atoms with E-state index in [1.807, 2.05) is 53.8 Å². The van der Waals surface area contributed by atoms with Crippen LogP contribution in [-0.2, 0) is 13.0 Å². The van der Waals surface area contributed by atoms with E-state index in [0.717, 1.165) is 35.6 Å². The molecule has 0 radical (unpaired) electrons. The van der Waals surface area contributed by atoms with E-state index in [1.54, 1.807) is 11.3 Å². The fourth-order valence-electron chi connectivity index (χ4n) is 3.35. The molecule has 2 aromatic heterocycles. The van der Waals surface area contributed by atoms with Gasteiger partial charge in [-0.3, -0.25) is 4.79 Å². The first-order chi connectivity index (χ1) is 11.6. The van der Waals surface area contributed by atoms with Crippen LogP contribution in [0, 0.1) is 13.8 Å². The molecule has 1 aromatic carbocycles. The number of hydrogen-bond acceptors (Lipinski definition) is 3. The zero-order chi connectivity index (χ0) is 16.7. The topological polar surface area (TPSA) is 38.1 Å². The summed E-state index contributed by atoms with van der Waals surface area (Å²) in [5.41, 5.74) is 4.69. The molecule has 0 aliphatic carbocycles. The summed E-state index contributed by atoms with van der Waals surface area (Å²) in [6.45, 7) is 5.37. The molecule has 1 aliphatic heterocycles. The van der Waals surface area contributed by atoms with Gasteiger partial charge in [-0.25, -0.2) is 4.68 Å². The van der Waals surface area contributed by atoms with Gasteiger partial charge in [-0.15, -0.1) is 11.3 Å². The lowest BCUT2D eigenvalue weighted by molar-refractivity contribution is 0.0734. The first-order valence-electron chi connectivity index (χ1n) is 8.11. The van der Waals surface area contributed by atoms with E-state index < -0.39 is 0 Å². The predicted molar refractivity (Wildman–Crippen MR) is 95.8 cm³/mol. The third-order valence-electron chi connectivity index (χ3n) is 4.60. The summed E-state index contributed by atoms with van der Waals surface area (Å²) >= 11 is 1.79. The number of benzene rings is 1. The van der Waals surface area contributed by atoms with Gasteiger partial charge in [-0.1, -0.05) is 18.2 Å². The van der Waals surface area contributed by atoms with E-state index in [2.05, 4.69) is 16.5 Å². The first kappa shape index (κ1) is 15.1. The number of nitrogens with zero attached hydrogens (tertiary/aromatic N) is 3. The molecule has 0 saturated carbocycles. The Morgan fingerprint density at radius 3 is 2.75 bits per heavy atom. The number of hydrogen-bond donors (Lipinski definition) is 0. The summed E-state index contributed by atoms with van der Waals surface area (Å²) in [6.07, 6.45) is 0.948. The van der Waals surface area contributed by atoms with Crippen LogP contribution >= 0.6 is 11.3 Å². The van der Waals surface area contributed by atoms with E-state index in [0.29, 0.717) is 6.54 Å². The fraction of sp³-hybridized carbons (Fsp3) is 0.263. The van der Waals surface area contributed by atoms with Crippen LogP contribution in [0.25, 0.3) is 5.69 Å². The largest absolute Gasteiger partial charge is 0.334 e. The minimum absolute atomic E-state index is 0.0871. The van der Waals surface area contributed by atoms with Crippen molar-refractivity contribution in [2.45, 2.75) is 26.8 Å². The summed E-state index contributed by atoms with van der Waals surface area (Å²) in [4.78, 5) is 16.4. The lowest BCUT2D eigenvalue weighted by Gasteiger charge is -2.27. The van der Waals surface area contributed by atoms with Crippen molar-refractivity contribution in [2.75, 3.05) is 6.54 Å². The molecule has 0 saturated heterocycles. The number of aromatic nitrogens is 2. The second-order valence-corrected chi connectivity index (χ2v) is 7.14. The monoisotopic (exact) mass is 337 g/mol. The average Bonchev–Trinajstić information content (AvgIpc) is 3.18. The fourth-order valence-corrected chi connectivity index (χ4v) is 4.24. The zero-order valence-corrected chi connectivity index (χ0v) is 14.6. The van der Waals surface area contributed by atoms with Crippen LogP contribution in [-0.4, -0.2) is 27.1 Å². The first-order valence-corrected chi connectivity index (χ1v) is 8.99. The van der Waals surface area contributed by atoms with Crippen LogP contribution in [0.15, 0.2) is 41.8 Å². The van der Waals surface area contributed by atoms with E-state index in [9.17, 15) is 4.79 Å². The maximum atomic E-state index is 13.1. The van der Waals surface area contributed by atoms with Crippen LogP contribution < -0.4 is 0 Å². The van der Waals surface area contributed by atoms with E-state index in [-0.39, 0.29) is 5.91 Å². The Kier molecular flexibility index (Phi) is 3.73. The molecule has 0 N–H and O–H groups in total. The van der Waals surface area contributed by atoms with Crippen LogP contribution in [0.1, 0.15) is 32.2 Å². The van der Waals surface area contributed by atoms with Crippen molar-refractivity contribution in [2.24, 2.45) is 0 Å². The molecular weight excluding hydrogens is 318 g/mol. The van der Waals surface area contributed by atoms with Gasteiger partial charge in [-0.2, -0.15) is 5.10 Å². The molecule has 5 heteroatoms. The molecule has 0 unspecified atom stereocenters. The Morgan fingerprint density at radius 2 is 1.96 bits per heavy atom. The van der Waals surface area contributed by atoms with E-state index in [4.69, 9.17) is 0 Å². The van der Waals surface area contributed by atoms with Gasteiger partial charge in [0.1, 0.15) is 0 Å². The zero-order valence-electron chi connectivity index (χ0n) is 13.8. The molecule has 122 valence electrons. The maximum Gasteiger partial charge on any atom is 0.257 e. The number of para-hydroxylation sites is 1. The number of aryl methyl sites for hydroxylation is 1. The van der Waals surface area contributed by atoms with Crippen molar-refractivity contribution >= 4 is 17.2 Å². The summed E-state index contributed by atoms with van der Waals surface area (Å²) in [5.74, 6) is 0.0871. The molecule has 4 rings (SSSR count). The van der Waals surface area contributed by atoms with E-state index in [1.165, 1.54) is 10.4 Å². The van der Waals surface area contributed by atoms with Crippen LogP contribution in [0.4, 0.5) is 0 Å². The summed E-state index contributed by atoms with van der Waals surface area (Å²) in [6, 6.07) is 12.1. The summed E-state index contributed by atoms with van der Waals surface area (Å²) < 4.78 is 1.86. The Bertz CT molecular complexity index is 895. The number of amides is 1. The summed E-state index contributed by atoms with van der Waals surface area (Å²) in [5, 5.41) is 6.72. The Labute approximate surface area is 145 Å². The van der Waals surface area contributed by atoms with Gasteiger partial charge in [-0.05, 0) is 49.4 Å². The Balaban J connectivity index is 1.67. The minimum atomic E-state index is 0.0871. The standard InChI is InChI=1S/C19H19N3OS/c1-13-18(14(2)22(20-13)16-6-4-3-5-7-16)19(23)21-10-8-17-15(12-21)9-11-24-17/h3-7,9,11H,8,10,12H2,1-2H3. The van der Waals surface area contributed by atoms with Gasteiger partial charge in [0.05, 0.1) is 22.6 Å². The van der Waals surface area contributed by atoms with E-state index >= 15 is 0 Å². The normalized spacial score (nSPS) is 13.8. The highest BCUT2D eigenvalue weighted by atomic mass is 32.1. The predicted octanol–water partition coefficient (Wildman–Crippen LogP) is 3.75. The molecule has 0 bridgehead atoms. The molecular formula is C19H19N3OS. The number of carbonyl (C=O) groups excluding carboxylic acids is 1. The van der Waals surface area contributed by atoms with Crippen LogP contribution in [0.2, 0.25) is 0 Å². The third kappa shape index (κ3) is 2.45. The van der Waals surface area contributed by atoms with Crippen LogP contribution in [0.3, 0.4) is 0 Å². The SMILES string of the molecule is Cc1nn(-c2ccccc2)c(C)c1C(=O)N1CCc2sccc2C1. The van der Waals surface area contributed by atoms with Gasteiger partial charge in [0.2, 0.25) is 0 Å². The Morgan fingerprint density at radius 1 is 1.17 bits per heavy atom. The maximum absolute atomic E-state index is 13.1. The van der Waals surface area contributed by atoms with Gasteiger partial charge in [0, 0.05) is 18.0 Å². The molecule has 4 nitrogen and oxygen atoms in total. The molecule has 0 spiro atoms. The van der Waals surface area contributed by atoms with Crippen molar-refractivity contribution in [1.29, 1.82) is 0 Å². The van der Waals surface area contributed by atoms with Crippen LogP contribution in [0.5, 0.6) is 0 Å². The lowest BCUT2D eigenvalue weighted by atomic mass is 10.1. The minimum Gasteiger partial charge on any atom is -0.334 e. The quantitative estimate of drug-likeness (QED) is 0.714. The average molecular weight is 337 g/mol. The van der Waals surface area contributed by atoms with Gasteiger partial charge >= 0.3 is 0 Å². The van der Waals surface area contributed by atoms with Crippen molar-refractivity contribution in [3.8, 4) is 5.69 Å². The molecule has 1 aliphatic rings. The van der Waals surface area contributed by atoms with Gasteiger partial charge in [0.25, 0.3) is 5.91 Å². The second-order valence-electron chi connectivity index (χ2n) is 6.14. The second kappa shape index (κ2) is 5.91. The number of thiophene rings is 1. The highest BCUT2D eigenvalue weighted by Gasteiger charge is 2.27. The number of carbonyl (C=O) groups is 1. The highest BCUT2D eigenvalue weighted by molar-refractivity contribution is 7.10.